The van der Waals surface area contributed by atoms with Crippen LogP contribution in [0.4, 0.5) is 0 Å². The Bertz CT molecular complexity index is 805. The maximum absolute atomic E-state index is 12.9. The molecule has 174 valence electrons. The molecule has 4 heteroatoms. The summed E-state index contributed by atoms with van der Waals surface area (Å²) in [5.41, 5.74) is 3.87. The van der Waals surface area contributed by atoms with Crippen LogP contribution in [-0.4, -0.2) is 21.4 Å². The first kappa shape index (κ1) is 24.4. The number of ether oxygens (including phenoxy) is 1. The van der Waals surface area contributed by atoms with Crippen LogP contribution in [0.3, 0.4) is 0 Å². The molecule has 3 nitrogen and oxygen atoms in total. The highest BCUT2D eigenvalue weighted by atomic mass is 28.4. The minimum Gasteiger partial charge on any atom is -0.543 e. The third-order valence-corrected chi connectivity index (χ3v) is 13.5. The molecule has 3 rings (SSSR count). The highest BCUT2D eigenvalue weighted by Gasteiger charge is 2.55. The minimum atomic E-state index is -1.77. The zero-order valence-electron chi connectivity index (χ0n) is 21.2. The molecule has 0 aliphatic heterocycles. The summed E-state index contributed by atoms with van der Waals surface area (Å²) in [7, 11) is -0.231. The summed E-state index contributed by atoms with van der Waals surface area (Å²) in [6.45, 7) is 16.0. The number of carbonyl (C=O) groups is 1. The van der Waals surface area contributed by atoms with E-state index in [4.69, 9.17) is 9.16 Å². The Morgan fingerprint density at radius 1 is 1.13 bits per heavy atom. The average Bonchev–Trinajstić information content (AvgIpc) is 2.76. The van der Waals surface area contributed by atoms with Gasteiger partial charge in [0.1, 0.15) is 5.75 Å². The summed E-state index contributed by atoms with van der Waals surface area (Å²) in [6.07, 6.45) is 5.23. The number of rotatable bonds is 7. The Morgan fingerprint density at radius 2 is 1.77 bits per heavy atom. The molecule has 0 N–H and O–H groups in total. The van der Waals surface area contributed by atoms with Gasteiger partial charge in [-0.2, -0.15) is 0 Å². The van der Waals surface area contributed by atoms with E-state index in [-0.39, 0.29) is 11.4 Å². The fraction of sp³-hybridized carbons (Fsp3) is 0.741. The van der Waals surface area contributed by atoms with Gasteiger partial charge in [-0.1, -0.05) is 54.0 Å². The lowest BCUT2D eigenvalue weighted by molar-refractivity contribution is -0.161. The van der Waals surface area contributed by atoms with Crippen LogP contribution in [0.2, 0.25) is 18.1 Å². The second kappa shape index (κ2) is 8.92. The molecule has 31 heavy (non-hydrogen) atoms. The van der Waals surface area contributed by atoms with Crippen LogP contribution in [0.5, 0.6) is 5.75 Å². The number of fused-ring (bicyclic) bond motifs is 3. The molecule has 2 aliphatic rings. The molecule has 0 amide bonds. The second-order valence-electron chi connectivity index (χ2n) is 10.8. The van der Waals surface area contributed by atoms with Crippen LogP contribution in [0, 0.1) is 11.3 Å². The van der Waals surface area contributed by atoms with Gasteiger partial charge in [0.05, 0.1) is 12.5 Å². The maximum atomic E-state index is 12.9. The Hall–Kier alpha value is -1.29. The molecule has 2 aliphatic carbocycles. The molecule has 3 atom stereocenters. The summed E-state index contributed by atoms with van der Waals surface area (Å²) in [5, 5.41) is 0. The predicted octanol–water partition coefficient (Wildman–Crippen LogP) is 7.38. The first-order valence-electron chi connectivity index (χ1n) is 12.6. The van der Waals surface area contributed by atoms with Crippen molar-refractivity contribution in [2.45, 2.75) is 110 Å². The van der Waals surface area contributed by atoms with Crippen molar-refractivity contribution >= 4 is 14.3 Å². The Balaban J connectivity index is 2.13. The Labute approximate surface area is 191 Å². The highest BCUT2D eigenvalue weighted by molar-refractivity contribution is 6.74. The van der Waals surface area contributed by atoms with Crippen molar-refractivity contribution in [3.63, 3.8) is 0 Å². The molecule has 1 saturated carbocycles. The van der Waals surface area contributed by atoms with Crippen molar-refractivity contribution in [1.29, 1.82) is 0 Å². The molecule has 1 unspecified atom stereocenters. The lowest BCUT2D eigenvalue weighted by Gasteiger charge is -2.54. The summed E-state index contributed by atoms with van der Waals surface area (Å²) in [5.74, 6) is 1.85. The van der Waals surface area contributed by atoms with E-state index in [9.17, 15) is 4.79 Å². The van der Waals surface area contributed by atoms with E-state index in [0.29, 0.717) is 11.8 Å². The summed E-state index contributed by atoms with van der Waals surface area (Å²) in [4.78, 5) is 12.9. The molecule has 0 bridgehead atoms. The third-order valence-electron chi connectivity index (χ3n) is 9.02. The Kier molecular flexibility index (Phi) is 7.01. The van der Waals surface area contributed by atoms with Crippen molar-refractivity contribution in [1.82, 2.24) is 0 Å². The average molecular weight is 445 g/mol. The van der Waals surface area contributed by atoms with Crippen LogP contribution < -0.4 is 4.43 Å². The van der Waals surface area contributed by atoms with E-state index in [1.165, 1.54) is 16.7 Å². The molecule has 0 heterocycles. The third kappa shape index (κ3) is 3.98. The van der Waals surface area contributed by atoms with Crippen molar-refractivity contribution in [2.75, 3.05) is 7.11 Å². The number of hydrogen-bond acceptors (Lipinski definition) is 3. The highest BCUT2D eigenvalue weighted by Crippen LogP contribution is 2.58. The molecular formula is C27H44O3Si. The van der Waals surface area contributed by atoms with Gasteiger partial charge < -0.3 is 9.16 Å². The van der Waals surface area contributed by atoms with Gasteiger partial charge in [-0.05, 0) is 90.7 Å². The largest absolute Gasteiger partial charge is 0.543 e. The molecule has 0 aromatic heterocycles. The number of methoxy groups -OCH3 is 1. The first-order chi connectivity index (χ1) is 14.6. The Morgan fingerprint density at radius 3 is 2.32 bits per heavy atom. The normalized spacial score (nSPS) is 28.1. The van der Waals surface area contributed by atoms with Crippen LogP contribution in [0.1, 0.15) is 96.8 Å². The number of benzene rings is 1. The monoisotopic (exact) mass is 444 g/mol. The van der Waals surface area contributed by atoms with Crippen LogP contribution in [0.15, 0.2) is 12.1 Å². The zero-order valence-corrected chi connectivity index (χ0v) is 22.2. The topological polar surface area (TPSA) is 35.5 Å². The van der Waals surface area contributed by atoms with Crippen molar-refractivity contribution < 1.29 is 14.0 Å². The van der Waals surface area contributed by atoms with Gasteiger partial charge in [0, 0.05) is 0 Å². The van der Waals surface area contributed by atoms with Crippen LogP contribution in [-0.2, 0) is 21.4 Å². The van der Waals surface area contributed by atoms with Crippen LogP contribution >= 0.6 is 0 Å². The summed E-state index contributed by atoms with van der Waals surface area (Å²) in [6, 6.07) is 8.29. The number of hydrogen-bond donors (Lipinski definition) is 0. The standard InChI is InChI=1S/C27H44O3Si/c1-9-31(10-2,11-3)30-23-18-22-20(17-21(23)19(4)5)13-14-24-26(22,6)15-12-16-27(24,7)25(28)29-8/h17-19,24H,9-16H2,1-8H3/t24?,26-,27+/m1/s1. The van der Waals surface area contributed by atoms with E-state index >= 15 is 0 Å². The lowest BCUT2D eigenvalue weighted by atomic mass is 9.49. The molecule has 0 spiro atoms. The van der Waals surface area contributed by atoms with Gasteiger partial charge in [0.25, 0.3) is 0 Å². The molecule has 0 radical (unpaired) electrons. The molecule has 1 fully saturated rings. The fourth-order valence-corrected chi connectivity index (χ4v) is 9.31. The fourth-order valence-electron chi connectivity index (χ4n) is 6.73. The van der Waals surface area contributed by atoms with E-state index < -0.39 is 13.7 Å². The van der Waals surface area contributed by atoms with Crippen molar-refractivity contribution in [2.24, 2.45) is 11.3 Å². The van der Waals surface area contributed by atoms with Crippen molar-refractivity contribution in [3.05, 3.63) is 28.8 Å². The van der Waals surface area contributed by atoms with E-state index in [2.05, 4.69) is 60.6 Å². The second-order valence-corrected chi connectivity index (χ2v) is 15.5. The quantitative estimate of drug-likeness (QED) is 0.325. The van der Waals surface area contributed by atoms with Gasteiger partial charge >= 0.3 is 5.97 Å². The lowest BCUT2D eigenvalue weighted by Crippen LogP contribution is -2.52. The smallest absolute Gasteiger partial charge is 0.311 e. The summed E-state index contributed by atoms with van der Waals surface area (Å²) < 4.78 is 12.3. The van der Waals surface area contributed by atoms with Gasteiger partial charge in [-0.15, -0.1) is 0 Å². The number of aryl methyl sites for hydroxylation is 1. The molecule has 1 aromatic rings. The van der Waals surface area contributed by atoms with Gasteiger partial charge in [0.2, 0.25) is 8.32 Å². The number of carbonyl (C=O) groups excluding carboxylic acids is 1. The van der Waals surface area contributed by atoms with E-state index in [0.717, 1.165) is 56.0 Å². The molecular weight excluding hydrogens is 400 g/mol. The molecule has 0 saturated heterocycles. The van der Waals surface area contributed by atoms with Crippen LogP contribution in [0.25, 0.3) is 0 Å². The van der Waals surface area contributed by atoms with Gasteiger partial charge in [0.15, 0.2) is 0 Å². The van der Waals surface area contributed by atoms with Crippen molar-refractivity contribution in [3.8, 4) is 5.75 Å². The van der Waals surface area contributed by atoms with Gasteiger partial charge in [-0.3, -0.25) is 4.79 Å². The summed E-state index contributed by atoms with van der Waals surface area (Å²) >= 11 is 0. The predicted molar refractivity (Wildman–Crippen MR) is 131 cm³/mol. The zero-order chi connectivity index (χ0) is 23.0. The first-order valence-corrected chi connectivity index (χ1v) is 15.1. The van der Waals surface area contributed by atoms with E-state index in [1.807, 2.05) is 0 Å². The molecule has 1 aromatic carbocycles. The van der Waals surface area contributed by atoms with Gasteiger partial charge in [-0.25, -0.2) is 0 Å². The van der Waals surface area contributed by atoms with E-state index in [1.54, 1.807) is 7.11 Å². The SMILES string of the molecule is CC[Si](CC)(CC)Oc1cc2c(cc1C(C)C)CCC1[C@@](C)(C(=O)OC)CCC[C@]21C. The number of esters is 1. The maximum Gasteiger partial charge on any atom is 0.311 e. The minimum absolute atomic E-state index is 0.00273.